The Morgan fingerprint density at radius 1 is 1.25 bits per heavy atom. The first-order valence-electron chi connectivity index (χ1n) is 6.25. The van der Waals surface area contributed by atoms with Crippen LogP contribution in [-0.2, 0) is 17.2 Å². The Hall–Kier alpha value is -1.85. The molecule has 0 atom stereocenters. The Bertz CT molecular complexity index is 561. The number of anilines is 1. The zero-order chi connectivity index (χ0) is 14.2. The van der Waals surface area contributed by atoms with Gasteiger partial charge in [0.2, 0.25) is 5.91 Å². The Kier molecular flexibility index (Phi) is 5.58. The summed E-state index contributed by atoms with van der Waals surface area (Å²) in [7, 11) is 0. The number of hydrogen-bond acceptors (Lipinski definition) is 4. The van der Waals surface area contributed by atoms with Crippen LogP contribution in [0.3, 0.4) is 0 Å². The monoisotopic (exact) mass is 288 g/mol. The van der Waals surface area contributed by atoms with E-state index in [0.717, 1.165) is 11.3 Å². The number of pyridine rings is 1. The fourth-order valence-corrected chi connectivity index (χ4v) is 2.42. The van der Waals surface area contributed by atoms with Crippen LogP contribution < -0.4 is 5.32 Å². The molecule has 0 fully saturated rings. The van der Waals surface area contributed by atoms with Crippen molar-refractivity contribution < 1.29 is 9.90 Å². The number of rotatable bonds is 6. The van der Waals surface area contributed by atoms with Gasteiger partial charge in [0.25, 0.3) is 0 Å². The topological polar surface area (TPSA) is 62.2 Å². The highest BCUT2D eigenvalue weighted by atomic mass is 32.2. The van der Waals surface area contributed by atoms with E-state index in [2.05, 4.69) is 10.3 Å². The molecule has 0 saturated heterocycles. The molecular weight excluding hydrogens is 272 g/mol. The van der Waals surface area contributed by atoms with Crippen LogP contribution in [0.25, 0.3) is 0 Å². The number of nitrogens with one attached hydrogen (secondary N) is 1. The van der Waals surface area contributed by atoms with Gasteiger partial charge in [0.1, 0.15) is 0 Å². The normalized spacial score (nSPS) is 10.2. The Morgan fingerprint density at radius 3 is 2.90 bits per heavy atom. The number of aliphatic hydroxyl groups excluding tert-OH is 1. The van der Waals surface area contributed by atoms with Crippen LogP contribution in [0.1, 0.15) is 11.3 Å². The molecule has 0 aliphatic heterocycles. The molecule has 1 amide bonds. The fraction of sp³-hybridized carbons (Fsp3) is 0.200. The Labute approximate surface area is 122 Å². The molecule has 0 spiro atoms. The number of benzene rings is 1. The predicted molar refractivity (Wildman–Crippen MR) is 81.4 cm³/mol. The van der Waals surface area contributed by atoms with E-state index in [1.165, 1.54) is 11.8 Å². The van der Waals surface area contributed by atoms with E-state index in [4.69, 9.17) is 5.11 Å². The van der Waals surface area contributed by atoms with E-state index < -0.39 is 0 Å². The van der Waals surface area contributed by atoms with Gasteiger partial charge in [-0.2, -0.15) is 0 Å². The average Bonchev–Trinajstić information content (AvgIpc) is 2.48. The van der Waals surface area contributed by atoms with Crippen molar-refractivity contribution in [1.29, 1.82) is 0 Å². The zero-order valence-electron chi connectivity index (χ0n) is 11.0. The van der Waals surface area contributed by atoms with Crippen LogP contribution in [0, 0.1) is 0 Å². The standard InChI is InChI=1S/C15H16N2O2S/c18-9-12-4-3-6-13(8-12)17-15(19)11-20-10-14-5-1-2-7-16-14/h1-8,18H,9-11H2,(H,17,19). The highest BCUT2D eigenvalue weighted by Gasteiger charge is 2.04. The molecule has 0 radical (unpaired) electrons. The lowest BCUT2D eigenvalue weighted by molar-refractivity contribution is -0.113. The van der Waals surface area contributed by atoms with Crippen molar-refractivity contribution in [3.8, 4) is 0 Å². The highest BCUT2D eigenvalue weighted by molar-refractivity contribution is 7.99. The molecule has 2 aromatic rings. The number of amides is 1. The lowest BCUT2D eigenvalue weighted by atomic mass is 10.2. The number of carbonyl (C=O) groups is 1. The average molecular weight is 288 g/mol. The van der Waals surface area contributed by atoms with Crippen molar-refractivity contribution in [1.82, 2.24) is 4.98 Å². The summed E-state index contributed by atoms with van der Waals surface area (Å²) in [4.78, 5) is 16.0. The molecule has 1 heterocycles. The van der Waals surface area contributed by atoms with E-state index in [0.29, 0.717) is 17.2 Å². The van der Waals surface area contributed by atoms with Crippen molar-refractivity contribution in [3.63, 3.8) is 0 Å². The van der Waals surface area contributed by atoms with Crippen LogP contribution >= 0.6 is 11.8 Å². The minimum atomic E-state index is -0.0546. The third-order valence-electron chi connectivity index (χ3n) is 2.60. The largest absolute Gasteiger partial charge is 0.392 e. The number of nitrogens with zero attached hydrogens (tertiary/aromatic N) is 1. The molecule has 1 aromatic heterocycles. The van der Waals surface area contributed by atoms with Crippen LogP contribution in [0.2, 0.25) is 0 Å². The second-order valence-corrected chi connectivity index (χ2v) is 5.21. The Balaban J connectivity index is 1.77. The van der Waals surface area contributed by atoms with E-state index in [-0.39, 0.29) is 12.5 Å². The SMILES string of the molecule is O=C(CSCc1ccccn1)Nc1cccc(CO)c1. The van der Waals surface area contributed by atoms with Crippen LogP contribution in [-0.4, -0.2) is 21.8 Å². The van der Waals surface area contributed by atoms with Crippen molar-refractivity contribution >= 4 is 23.4 Å². The molecule has 0 saturated carbocycles. The minimum Gasteiger partial charge on any atom is -0.392 e. The van der Waals surface area contributed by atoms with Gasteiger partial charge in [-0.05, 0) is 29.8 Å². The maximum Gasteiger partial charge on any atom is 0.234 e. The molecule has 2 N–H and O–H groups in total. The first-order valence-corrected chi connectivity index (χ1v) is 7.40. The lowest BCUT2D eigenvalue weighted by Crippen LogP contribution is -2.14. The molecule has 0 bridgehead atoms. The zero-order valence-corrected chi connectivity index (χ0v) is 11.8. The van der Waals surface area contributed by atoms with Gasteiger partial charge in [0, 0.05) is 17.6 Å². The van der Waals surface area contributed by atoms with Gasteiger partial charge in [0.15, 0.2) is 0 Å². The van der Waals surface area contributed by atoms with Gasteiger partial charge >= 0.3 is 0 Å². The van der Waals surface area contributed by atoms with Gasteiger partial charge in [-0.25, -0.2) is 0 Å². The van der Waals surface area contributed by atoms with Crippen molar-refractivity contribution in [2.24, 2.45) is 0 Å². The molecule has 0 unspecified atom stereocenters. The third kappa shape index (κ3) is 4.68. The molecule has 5 heteroatoms. The second kappa shape index (κ2) is 7.67. The number of aliphatic hydroxyl groups is 1. The summed E-state index contributed by atoms with van der Waals surface area (Å²) < 4.78 is 0. The number of thioether (sulfide) groups is 1. The molecule has 1 aromatic carbocycles. The molecule has 4 nitrogen and oxygen atoms in total. The first-order chi connectivity index (χ1) is 9.78. The maximum absolute atomic E-state index is 11.8. The van der Waals surface area contributed by atoms with Gasteiger partial charge in [-0.3, -0.25) is 9.78 Å². The van der Waals surface area contributed by atoms with Gasteiger partial charge in [-0.15, -0.1) is 11.8 Å². The summed E-state index contributed by atoms with van der Waals surface area (Å²) in [6.07, 6.45) is 1.75. The van der Waals surface area contributed by atoms with Crippen molar-refractivity contribution in [2.45, 2.75) is 12.4 Å². The molecular formula is C15H16N2O2S. The summed E-state index contributed by atoms with van der Waals surface area (Å²) in [6.45, 7) is -0.0296. The molecule has 0 aliphatic rings. The summed E-state index contributed by atoms with van der Waals surface area (Å²) in [5.41, 5.74) is 2.46. The summed E-state index contributed by atoms with van der Waals surface area (Å²) >= 11 is 1.52. The van der Waals surface area contributed by atoms with Crippen LogP contribution in [0.15, 0.2) is 48.7 Å². The van der Waals surface area contributed by atoms with Gasteiger partial charge in [0.05, 0.1) is 18.1 Å². The lowest BCUT2D eigenvalue weighted by Gasteiger charge is -2.06. The Morgan fingerprint density at radius 2 is 2.15 bits per heavy atom. The maximum atomic E-state index is 11.8. The van der Waals surface area contributed by atoms with Crippen molar-refractivity contribution in [3.05, 3.63) is 59.9 Å². The van der Waals surface area contributed by atoms with E-state index >= 15 is 0 Å². The second-order valence-electron chi connectivity index (χ2n) is 4.22. The van der Waals surface area contributed by atoms with Crippen LogP contribution in [0.5, 0.6) is 0 Å². The number of hydrogen-bond donors (Lipinski definition) is 2. The third-order valence-corrected chi connectivity index (χ3v) is 3.57. The summed E-state index contributed by atoms with van der Waals surface area (Å²) in [6, 6.07) is 12.9. The van der Waals surface area contributed by atoms with Crippen molar-refractivity contribution in [2.75, 3.05) is 11.1 Å². The minimum absolute atomic E-state index is 0.0296. The van der Waals surface area contributed by atoms with Gasteiger partial charge < -0.3 is 10.4 Å². The number of carbonyl (C=O) groups excluding carboxylic acids is 1. The number of aromatic nitrogens is 1. The van der Waals surface area contributed by atoms with Crippen LogP contribution in [0.4, 0.5) is 5.69 Å². The highest BCUT2D eigenvalue weighted by Crippen LogP contribution is 2.13. The molecule has 2 rings (SSSR count). The summed E-state index contributed by atoms with van der Waals surface area (Å²) in [5, 5.41) is 11.9. The summed E-state index contributed by atoms with van der Waals surface area (Å²) in [5.74, 6) is 1.03. The predicted octanol–water partition coefficient (Wildman–Crippen LogP) is 2.45. The van der Waals surface area contributed by atoms with Gasteiger partial charge in [-0.1, -0.05) is 18.2 Å². The van der Waals surface area contributed by atoms with E-state index in [9.17, 15) is 4.79 Å². The first kappa shape index (κ1) is 14.6. The smallest absolute Gasteiger partial charge is 0.234 e. The van der Waals surface area contributed by atoms with E-state index in [1.54, 1.807) is 18.3 Å². The van der Waals surface area contributed by atoms with E-state index in [1.807, 2.05) is 30.3 Å². The molecule has 20 heavy (non-hydrogen) atoms. The molecule has 0 aliphatic carbocycles. The quantitative estimate of drug-likeness (QED) is 0.857. The fourth-order valence-electron chi connectivity index (χ4n) is 1.68. The molecule has 104 valence electrons.